The van der Waals surface area contributed by atoms with Crippen LogP contribution in [-0.2, 0) is 11.2 Å². The third-order valence-electron chi connectivity index (χ3n) is 5.86. The fourth-order valence-electron chi connectivity index (χ4n) is 3.99. The summed E-state index contributed by atoms with van der Waals surface area (Å²) in [6, 6.07) is 10.9. The van der Waals surface area contributed by atoms with E-state index in [4.69, 9.17) is 16.1 Å². The molecule has 2 amide bonds. The summed E-state index contributed by atoms with van der Waals surface area (Å²) in [5.74, 6) is 0.942. The van der Waals surface area contributed by atoms with Crippen molar-refractivity contribution >= 4 is 29.2 Å². The third kappa shape index (κ3) is 5.28. The lowest BCUT2D eigenvalue weighted by Crippen LogP contribution is -2.49. The summed E-state index contributed by atoms with van der Waals surface area (Å²) in [6.07, 6.45) is 1.87. The lowest BCUT2D eigenvalue weighted by atomic mass is 10.0. The molecule has 3 aromatic rings. The standard InChI is InChI=1S/C25H25ClN6O3/c1-16-10-20(35-29-16)13-23(33)31-6-8-32(9-7-31)24-18(14-27)11-19(15-28-24)17-4-5-21(22(26)12-17)25(34)30(2)3/h4-5,10-12,15H,6-9,13H2,1-3H3. The van der Waals surface area contributed by atoms with Gasteiger partial charge in [-0.05, 0) is 30.7 Å². The summed E-state index contributed by atoms with van der Waals surface area (Å²) in [4.78, 5) is 34.7. The molecule has 4 rings (SSSR count). The molecular weight excluding hydrogens is 468 g/mol. The van der Waals surface area contributed by atoms with E-state index in [1.54, 1.807) is 55.5 Å². The van der Waals surface area contributed by atoms with Crippen LogP contribution in [0.15, 0.2) is 41.1 Å². The lowest BCUT2D eigenvalue weighted by molar-refractivity contribution is -0.131. The van der Waals surface area contributed by atoms with Gasteiger partial charge in [0, 0.05) is 58.1 Å². The average molecular weight is 493 g/mol. The molecule has 35 heavy (non-hydrogen) atoms. The SMILES string of the molecule is Cc1cc(CC(=O)N2CCN(c3ncc(-c4ccc(C(=O)N(C)C)c(Cl)c4)cc3C#N)CC2)on1. The maximum Gasteiger partial charge on any atom is 0.254 e. The van der Waals surface area contributed by atoms with Crippen LogP contribution in [0.5, 0.6) is 0 Å². The van der Waals surface area contributed by atoms with Crippen LogP contribution in [0.3, 0.4) is 0 Å². The van der Waals surface area contributed by atoms with Gasteiger partial charge in [0.1, 0.15) is 17.6 Å². The summed E-state index contributed by atoms with van der Waals surface area (Å²) in [6.45, 7) is 4.00. The first-order chi connectivity index (χ1) is 16.8. The van der Waals surface area contributed by atoms with Gasteiger partial charge in [-0.15, -0.1) is 0 Å². The van der Waals surface area contributed by atoms with Gasteiger partial charge in [-0.1, -0.05) is 22.8 Å². The van der Waals surface area contributed by atoms with Crippen LogP contribution in [0.2, 0.25) is 5.02 Å². The van der Waals surface area contributed by atoms with E-state index >= 15 is 0 Å². The molecule has 1 aromatic carbocycles. The number of piperazine rings is 1. The number of rotatable bonds is 5. The molecule has 0 atom stereocenters. The van der Waals surface area contributed by atoms with Crippen LogP contribution in [-0.4, -0.2) is 72.0 Å². The first-order valence-corrected chi connectivity index (χ1v) is 11.5. The minimum absolute atomic E-state index is 0.0160. The summed E-state index contributed by atoms with van der Waals surface area (Å²) in [5.41, 5.74) is 3.09. The first kappa shape index (κ1) is 24.2. The second kappa shape index (κ2) is 10.2. The van der Waals surface area contributed by atoms with Crippen LogP contribution >= 0.6 is 11.6 Å². The fraction of sp³-hybridized carbons (Fsp3) is 0.320. The average Bonchev–Trinajstić information content (AvgIpc) is 3.27. The molecule has 0 aliphatic carbocycles. The highest BCUT2D eigenvalue weighted by molar-refractivity contribution is 6.34. The van der Waals surface area contributed by atoms with Gasteiger partial charge >= 0.3 is 0 Å². The zero-order valence-corrected chi connectivity index (χ0v) is 20.5. The quantitative estimate of drug-likeness (QED) is 0.538. The van der Waals surface area contributed by atoms with Crippen molar-refractivity contribution in [2.75, 3.05) is 45.2 Å². The van der Waals surface area contributed by atoms with Gasteiger partial charge in [0.25, 0.3) is 5.91 Å². The minimum Gasteiger partial charge on any atom is -0.361 e. The van der Waals surface area contributed by atoms with Crippen molar-refractivity contribution in [3.8, 4) is 17.2 Å². The van der Waals surface area contributed by atoms with E-state index in [1.165, 1.54) is 4.90 Å². The Kier molecular flexibility index (Phi) is 7.03. The maximum atomic E-state index is 12.6. The number of aromatic nitrogens is 2. The number of aryl methyl sites for hydroxylation is 1. The second-order valence-corrected chi connectivity index (χ2v) is 8.99. The number of carbonyl (C=O) groups is 2. The first-order valence-electron chi connectivity index (χ1n) is 11.1. The molecule has 180 valence electrons. The zero-order valence-electron chi connectivity index (χ0n) is 19.8. The van der Waals surface area contributed by atoms with Crippen molar-refractivity contribution in [3.05, 3.63) is 64.1 Å². The Bertz CT molecular complexity index is 1300. The van der Waals surface area contributed by atoms with Crippen molar-refractivity contribution in [2.24, 2.45) is 0 Å². The number of anilines is 1. The predicted molar refractivity (Wildman–Crippen MR) is 131 cm³/mol. The number of nitriles is 1. The topological polar surface area (TPSA) is 107 Å². The molecule has 0 saturated carbocycles. The van der Waals surface area contributed by atoms with E-state index in [0.717, 1.165) is 16.8 Å². The van der Waals surface area contributed by atoms with Crippen LogP contribution in [0.4, 0.5) is 5.82 Å². The second-order valence-electron chi connectivity index (χ2n) is 8.58. The third-order valence-corrected chi connectivity index (χ3v) is 6.17. The van der Waals surface area contributed by atoms with Crippen LogP contribution in [0, 0.1) is 18.3 Å². The summed E-state index contributed by atoms with van der Waals surface area (Å²) >= 11 is 6.35. The van der Waals surface area contributed by atoms with Gasteiger partial charge in [-0.3, -0.25) is 9.59 Å². The maximum absolute atomic E-state index is 12.6. The predicted octanol–water partition coefficient (Wildman–Crippen LogP) is 3.16. The highest BCUT2D eigenvalue weighted by Crippen LogP contribution is 2.29. The van der Waals surface area contributed by atoms with Gasteiger partial charge in [-0.2, -0.15) is 5.26 Å². The normalized spacial score (nSPS) is 13.5. The Labute approximate surface area is 208 Å². The Morgan fingerprint density at radius 1 is 1.14 bits per heavy atom. The van der Waals surface area contributed by atoms with Crippen LogP contribution in [0.25, 0.3) is 11.1 Å². The monoisotopic (exact) mass is 492 g/mol. The number of hydrogen-bond donors (Lipinski definition) is 0. The Morgan fingerprint density at radius 2 is 1.89 bits per heavy atom. The molecule has 10 heteroatoms. The van der Waals surface area contributed by atoms with Gasteiger partial charge in [0.2, 0.25) is 5.91 Å². The number of benzene rings is 1. The molecule has 0 spiro atoms. The van der Waals surface area contributed by atoms with Gasteiger partial charge in [0.05, 0.1) is 28.3 Å². The molecule has 0 bridgehead atoms. The molecule has 1 fully saturated rings. The summed E-state index contributed by atoms with van der Waals surface area (Å²) in [5, 5.41) is 13.9. The molecular formula is C25H25ClN6O3. The van der Waals surface area contributed by atoms with Crippen molar-refractivity contribution in [1.82, 2.24) is 19.9 Å². The Hall–Kier alpha value is -3.90. The molecule has 0 unspecified atom stereocenters. The molecule has 3 heterocycles. The number of pyridine rings is 1. The zero-order chi connectivity index (χ0) is 25.1. The number of nitrogens with zero attached hydrogens (tertiary/aromatic N) is 6. The number of carbonyl (C=O) groups excluding carboxylic acids is 2. The van der Waals surface area contributed by atoms with E-state index in [9.17, 15) is 14.9 Å². The number of amides is 2. The van der Waals surface area contributed by atoms with E-state index in [1.807, 2.05) is 11.8 Å². The molecule has 9 nitrogen and oxygen atoms in total. The molecule has 1 aliphatic rings. The van der Waals surface area contributed by atoms with Crippen molar-refractivity contribution in [2.45, 2.75) is 13.3 Å². The molecule has 0 radical (unpaired) electrons. The smallest absolute Gasteiger partial charge is 0.254 e. The van der Waals surface area contributed by atoms with Gasteiger partial charge < -0.3 is 19.2 Å². The van der Waals surface area contributed by atoms with E-state index < -0.39 is 0 Å². The molecule has 0 N–H and O–H groups in total. The highest BCUT2D eigenvalue weighted by atomic mass is 35.5. The molecule has 2 aromatic heterocycles. The summed E-state index contributed by atoms with van der Waals surface area (Å²) < 4.78 is 5.15. The highest BCUT2D eigenvalue weighted by Gasteiger charge is 2.25. The van der Waals surface area contributed by atoms with E-state index in [-0.39, 0.29) is 18.2 Å². The minimum atomic E-state index is -0.179. The largest absolute Gasteiger partial charge is 0.361 e. The lowest BCUT2D eigenvalue weighted by Gasteiger charge is -2.35. The van der Waals surface area contributed by atoms with Crippen molar-refractivity contribution in [3.63, 3.8) is 0 Å². The molecule has 1 aliphatic heterocycles. The van der Waals surface area contributed by atoms with Gasteiger partial charge in [-0.25, -0.2) is 4.98 Å². The van der Waals surface area contributed by atoms with E-state index in [0.29, 0.717) is 53.9 Å². The Balaban J connectivity index is 1.46. The fourth-order valence-corrected chi connectivity index (χ4v) is 4.25. The van der Waals surface area contributed by atoms with Crippen LogP contribution in [0.1, 0.15) is 27.4 Å². The van der Waals surface area contributed by atoms with Crippen LogP contribution < -0.4 is 4.90 Å². The van der Waals surface area contributed by atoms with Crippen molar-refractivity contribution < 1.29 is 14.1 Å². The Morgan fingerprint density at radius 3 is 2.49 bits per heavy atom. The molecule has 1 saturated heterocycles. The number of halogens is 1. The van der Waals surface area contributed by atoms with Crippen molar-refractivity contribution in [1.29, 1.82) is 5.26 Å². The summed E-state index contributed by atoms with van der Waals surface area (Å²) in [7, 11) is 3.34. The number of hydrogen-bond acceptors (Lipinski definition) is 7. The van der Waals surface area contributed by atoms with E-state index in [2.05, 4.69) is 16.2 Å². The van der Waals surface area contributed by atoms with Gasteiger partial charge in [0.15, 0.2) is 0 Å².